The molecule has 1 aliphatic heterocycles. The fourth-order valence-corrected chi connectivity index (χ4v) is 5.19. The lowest BCUT2D eigenvalue weighted by Gasteiger charge is -2.39. The van der Waals surface area contributed by atoms with Crippen LogP contribution in [0.25, 0.3) is 0 Å². The highest BCUT2D eigenvalue weighted by Crippen LogP contribution is 2.37. The highest BCUT2D eigenvalue weighted by atomic mass is 19.4. The van der Waals surface area contributed by atoms with Gasteiger partial charge in [0.15, 0.2) is 0 Å². The molecule has 43 heavy (non-hydrogen) atoms. The number of likely N-dealkylation sites (tertiary alicyclic amines) is 1. The molecule has 1 saturated heterocycles. The maximum Gasteiger partial charge on any atom is 0.416 e. The molecule has 0 spiro atoms. The van der Waals surface area contributed by atoms with Gasteiger partial charge in [-0.25, -0.2) is 18.0 Å². The number of urea groups is 1. The number of piperidine rings is 1. The quantitative estimate of drug-likeness (QED) is 0.235. The fourth-order valence-electron chi connectivity index (χ4n) is 5.19. The molecule has 1 N–H and O–H groups in total. The van der Waals surface area contributed by atoms with Gasteiger partial charge >= 0.3 is 12.2 Å². The molecule has 1 unspecified atom stereocenters. The van der Waals surface area contributed by atoms with Gasteiger partial charge in [0.05, 0.1) is 11.3 Å². The topological polar surface area (TPSA) is 52.7 Å². The summed E-state index contributed by atoms with van der Waals surface area (Å²) in [5.41, 5.74) is -2.08. The van der Waals surface area contributed by atoms with E-state index < -0.39 is 65.9 Å². The minimum atomic E-state index is -4.93. The molecular weight excluding hydrogens is 572 g/mol. The van der Waals surface area contributed by atoms with E-state index in [1.807, 2.05) is 13.8 Å². The number of para-hydroxylation sites is 1. The van der Waals surface area contributed by atoms with E-state index in [1.165, 1.54) is 42.2 Å². The van der Waals surface area contributed by atoms with Crippen LogP contribution in [0.15, 0.2) is 59.7 Å². The van der Waals surface area contributed by atoms with E-state index in [-0.39, 0.29) is 18.5 Å². The number of carbonyl (C=O) groups excluding carboxylic acids is 2. The Labute approximate surface area is 250 Å². The summed E-state index contributed by atoms with van der Waals surface area (Å²) in [6, 6.07) is 1.59. The maximum atomic E-state index is 15.3. The van der Waals surface area contributed by atoms with Gasteiger partial charge in [0.1, 0.15) is 11.9 Å². The van der Waals surface area contributed by atoms with E-state index in [0.29, 0.717) is 32.4 Å². The standard InChI is InChI=1S/C30H37F6N3O2.C2H6/c1-3-5-12-22(23(11-4-2)30(34,35)36)26(27(40)37-21-15-17-29(32,33)18-16-21)39(25-14-8-7-13-24(25)31)28(41)38-19-9-6-10-20-38;1-2/h4-5,7-8,11-14,21,26H,3,6,9-10,15-20H2,1-2H3,(H,37,40);1-2H3/b11-4-,12-5+,23-22-;. The van der Waals surface area contributed by atoms with E-state index in [9.17, 15) is 31.5 Å². The number of hydrogen-bond acceptors (Lipinski definition) is 2. The van der Waals surface area contributed by atoms with Crippen molar-refractivity contribution in [3.8, 4) is 0 Å². The first-order valence-electron chi connectivity index (χ1n) is 15.0. The van der Waals surface area contributed by atoms with Crippen LogP contribution in [0.5, 0.6) is 0 Å². The van der Waals surface area contributed by atoms with Crippen LogP contribution >= 0.6 is 0 Å². The largest absolute Gasteiger partial charge is 0.416 e. The summed E-state index contributed by atoms with van der Waals surface area (Å²) in [5, 5.41) is 2.62. The first-order valence-corrected chi connectivity index (χ1v) is 15.0. The lowest BCUT2D eigenvalue weighted by molar-refractivity contribution is -0.123. The van der Waals surface area contributed by atoms with Crippen LogP contribution in [0.1, 0.15) is 79.1 Å². The number of alkyl halides is 5. The molecular formula is C32H43F6N3O2. The monoisotopic (exact) mass is 615 g/mol. The SMILES string of the molecule is CC.C\C=C/C(=C(\C=C\CC)C(C(=O)NC1CCC(F)(F)CC1)N(C(=O)N1CCCCC1)c1ccccc1F)C(F)(F)F. The molecule has 1 aromatic carbocycles. The van der Waals surface area contributed by atoms with E-state index >= 15 is 4.39 Å². The molecule has 1 heterocycles. The van der Waals surface area contributed by atoms with Crippen LogP contribution in [0.4, 0.5) is 36.8 Å². The Kier molecular flexibility index (Phi) is 13.9. The Balaban J connectivity index is 0.00000316. The Morgan fingerprint density at radius 3 is 2.21 bits per heavy atom. The minimum Gasteiger partial charge on any atom is -0.351 e. The molecule has 1 aromatic rings. The Hall–Kier alpha value is -3.24. The number of allylic oxidation sites excluding steroid dienone is 4. The van der Waals surface area contributed by atoms with Gasteiger partial charge in [-0.05, 0) is 63.2 Å². The molecule has 5 nitrogen and oxygen atoms in total. The number of rotatable bonds is 8. The molecule has 2 fully saturated rings. The summed E-state index contributed by atoms with van der Waals surface area (Å²) in [6.45, 7) is 7.67. The van der Waals surface area contributed by atoms with E-state index in [0.717, 1.165) is 29.5 Å². The summed E-state index contributed by atoms with van der Waals surface area (Å²) in [5.74, 6) is -4.80. The van der Waals surface area contributed by atoms with Crippen molar-refractivity contribution in [3.05, 3.63) is 65.5 Å². The zero-order chi connectivity index (χ0) is 32.2. The van der Waals surface area contributed by atoms with Crippen molar-refractivity contribution in [3.63, 3.8) is 0 Å². The second-order valence-electron chi connectivity index (χ2n) is 10.4. The number of carbonyl (C=O) groups is 2. The zero-order valence-corrected chi connectivity index (χ0v) is 25.3. The van der Waals surface area contributed by atoms with Gasteiger partial charge in [0, 0.05) is 32.0 Å². The van der Waals surface area contributed by atoms with Gasteiger partial charge in [-0.15, -0.1) is 0 Å². The van der Waals surface area contributed by atoms with Crippen molar-refractivity contribution in [2.75, 3.05) is 18.0 Å². The van der Waals surface area contributed by atoms with Crippen LogP contribution in [0.3, 0.4) is 0 Å². The Morgan fingerprint density at radius 1 is 1.07 bits per heavy atom. The normalized spacial score (nSPS) is 19.0. The number of nitrogens with one attached hydrogen (secondary N) is 1. The first-order chi connectivity index (χ1) is 20.4. The molecule has 11 heteroatoms. The zero-order valence-electron chi connectivity index (χ0n) is 25.3. The number of benzene rings is 1. The van der Waals surface area contributed by atoms with Gasteiger partial charge in [-0.1, -0.05) is 57.2 Å². The fraction of sp³-hybridized carbons (Fsp3) is 0.562. The van der Waals surface area contributed by atoms with Gasteiger partial charge in [0.25, 0.3) is 0 Å². The second-order valence-corrected chi connectivity index (χ2v) is 10.4. The number of anilines is 1. The molecule has 3 rings (SSSR count). The average molecular weight is 616 g/mol. The molecule has 1 saturated carbocycles. The van der Waals surface area contributed by atoms with E-state index in [1.54, 1.807) is 6.92 Å². The van der Waals surface area contributed by atoms with Crippen LogP contribution in [-0.4, -0.2) is 54.1 Å². The second kappa shape index (κ2) is 16.6. The Morgan fingerprint density at radius 2 is 1.67 bits per heavy atom. The third-order valence-electron chi connectivity index (χ3n) is 7.29. The highest BCUT2D eigenvalue weighted by Gasteiger charge is 2.44. The summed E-state index contributed by atoms with van der Waals surface area (Å²) >= 11 is 0. The van der Waals surface area contributed by atoms with Gasteiger partial charge in [-0.3, -0.25) is 9.69 Å². The molecule has 3 amide bonds. The van der Waals surface area contributed by atoms with Crippen molar-refractivity contribution in [1.82, 2.24) is 10.2 Å². The van der Waals surface area contributed by atoms with E-state index in [2.05, 4.69) is 5.32 Å². The Bertz CT molecular complexity index is 1150. The molecule has 240 valence electrons. The third kappa shape index (κ3) is 9.89. The molecule has 0 bridgehead atoms. The van der Waals surface area contributed by atoms with Gasteiger partial charge in [0.2, 0.25) is 11.8 Å². The smallest absolute Gasteiger partial charge is 0.351 e. The van der Waals surface area contributed by atoms with Crippen LogP contribution in [-0.2, 0) is 4.79 Å². The van der Waals surface area contributed by atoms with Crippen LogP contribution < -0.4 is 10.2 Å². The summed E-state index contributed by atoms with van der Waals surface area (Å²) < 4.78 is 86.5. The van der Waals surface area contributed by atoms with Crippen LogP contribution in [0.2, 0.25) is 0 Å². The summed E-state index contributed by atoms with van der Waals surface area (Å²) in [6.07, 6.45) is 0.920. The number of amides is 3. The maximum absolute atomic E-state index is 15.3. The lowest BCUT2D eigenvalue weighted by Crippen LogP contribution is -2.57. The predicted octanol–water partition coefficient (Wildman–Crippen LogP) is 8.73. The van der Waals surface area contributed by atoms with Crippen molar-refractivity contribution in [1.29, 1.82) is 0 Å². The van der Waals surface area contributed by atoms with Crippen molar-refractivity contribution >= 4 is 17.6 Å². The highest BCUT2D eigenvalue weighted by molar-refractivity contribution is 6.02. The first kappa shape index (κ1) is 36.0. The van der Waals surface area contributed by atoms with Gasteiger partial charge in [-0.2, -0.15) is 13.2 Å². The van der Waals surface area contributed by atoms with Crippen LogP contribution in [0, 0.1) is 5.82 Å². The van der Waals surface area contributed by atoms with Crippen molar-refractivity contribution < 1.29 is 35.9 Å². The average Bonchev–Trinajstić information content (AvgIpc) is 2.98. The molecule has 1 aliphatic carbocycles. The molecule has 0 radical (unpaired) electrons. The molecule has 1 atom stereocenters. The number of nitrogens with zero attached hydrogens (tertiary/aromatic N) is 2. The lowest BCUT2D eigenvalue weighted by atomic mass is 9.91. The third-order valence-corrected chi connectivity index (χ3v) is 7.29. The molecule has 2 aliphatic rings. The molecule has 0 aromatic heterocycles. The van der Waals surface area contributed by atoms with Crippen molar-refractivity contribution in [2.45, 2.75) is 103 Å². The number of halogens is 6. The minimum absolute atomic E-state index is 0.0872. The van der Waals surface area contributed by atoms with Crippen molar-refractivity contribution in [2.24, 2.45) is 0 Å². The predicted molar refractivity (Wildman–Crippen MR) is 158 cm³/mol. The summed E-state index contributed by atoms with van der Waals surface area (Å²) in [7, 11) is 0. The van der Waals surface area contributed by atoms with Gasteiger partial charge < -0.3 is 10.2 Å². The summed E-state index contributed by atoms with van der Waals surface area (Å²) in [4.78, 5) is 30.3. The number of hydrogen-bond donors (Lipinski definition) is 1. The van der Waals surface area contributed by atoms with E-state index in [4.69, 9.17) is 0 Å².